The number of ether oxygens (including phenoxy) is 1. The molecule has 10 heteroatoms. The molecule has 0 saturated carbocycles. The molecule has 2 aromatic carbocycles. The Morgan fingerprint density at radius 3 is 2.69 bits per heavy atom. The van der Waals surface area contributed by atoms with Crippen molar-refractivity contribution in [2.45, 2.75) is 10.6 Å². The predicted octanol–water partition coefficient (Wildman–Crippen LogP) is 2.46. The quantitative estimate of drug-likeness (QED) is 0.770. The Labute approximate surface area is 157 Å². The summed E-state index contributed by atoms with van der Waals surface area (Å²) < 4.78 is 50.0. The Balaban J connectivity index is 2.07. The highest BCUT2D eigenvalue weighted by Crippen LogP contribution is 2.36. The van der Waals surface area contributed by atoms with Crippen LogP contribution in [-0.2, 0) is 26.7 Å². The number of hydrogen-bond acceptors (Lipinski definition) is 5. The van der Waals surface area contributed by atoms with Crippen LogP contribution in [0.2, 0.25) is 5.02 Å². The lowest BCUT2D eigenvalue weighted by atomic mass is 10.1. The first-order valence-corrected chi connectivity index (χ1v) is 10.6. The van der Waals surface area contributed by atoms with Gasteiger partial charge in [0.25, 0.3) is 5.91 Å². The number of amides is 1. The summed E-state index contributed by atoms with van der Waals surface area (Å²) in [5.74, 6) is -1.14. The molecule has 2 aromatic rings. The second kappa shape index (κ2) is 6.99. The van der Waals surface area contributed by atoms with Crippen molar-refractivity contribution in [1.29, 1.82) is 0 Å². The summed E-state index contributed by atoms with van der Waals surface area (Å²) in [5, 5.41) is 0.0918. The van der Waals surface area contributed by atoms with E-state index in [-0.39, 0.29) is 38.2 Å². The smallest absolute Gasteiger partial charge is 0.259 e. The second-order valence-corrected chi connectivity index (χ2v) is 8.83. The number of carbonyl (C=O) groups is 1. The van der Waals surface area contributed by atoms with Gasteiger partial charge in [0.15, 0.2) is 20.9 Å². The standard InChI is InChI=1S/C16H14ClNO6S2/c1-24-15-11(8-25(20)21)6-10(7-12(15)17)16(19)18-9-26(22,23)14-5-3-2-4-13(14)18/h2-7H,8-9H2,1H3,(H,20,21). The summed E-state index contributed by atoms with van der Waals surface area (Å²) in [6.45, 7) is 0. The van der Waals surface area contributed by atoms with Crippen molar-refractivity contribution in [3.63, 3.8) is 0 Å². The van der Waals surface area contributed by atoms with E-state index in [0.29, 0.717) is 0 Å². The molecule has 0 aliphatic carbocycles. The van der Waals surface area contributed by atoms with Crippen LogP contribution in [0.3, 0.4) is 0 Å². The molecule has 1 aliphatic rings. The van der Waals surface area contributed by atoms with E-state index in [0.717, 1.165) is 4.90 Å². The number of anilines is 1. The van der Waals surface area contributed by atoms with Crippen molar-refractivity contribution in [3.8, 4) is 5.75 Å². The van der Waals surface area contributed by atoms with Gasteiger partial charge in [-0.1, -0.05) is 23.7 Å². The minimum Gasteiger partial charge on any atom is -0.495 e. The summed E-state index contributed by atoms with van der Waals surface area (Å²) in [7, 11) is -2.24. The number of methoxy groups -OCH3 is 1. The van der Waals surface area contributed by atoms with Crippen LogP contribution in [0.15, 0.2) is 41.3 Å². The molecule has 1 N–H and O–H groups in total. The highest BCUT2D eigenvalue weighted by Gasteiger charge is 2.36. The normalized spacial score (nSPS) is 16.2. The molecule has 1 amide bonds. The number of fused-ring (bicyclic) bond motifs is 1. The van der Waals surface area contributed by atoms with Gasteiger partial charge in [-0.25, -0.2) is 12.6 Å². The number of nitrogens with zero attached hydrogens (tertiary/aromatic N) is 1. The number of hydrogen-bond donors (Lipinski definition) is 1. The van der Waals surface area contributed by atoms with Crippen LogP contribution < -0.4 is 9.64 Å². The van der Waals surface area contributed by atoms with Gasteiger partial charge in [0.1, 0.15) is 11.6 Å². The van der Waals surface area contributed by atoms with Crippen molar-refractivity contribution in [2.75, 3.05) is 17.9 Å². The third-order valence-corrected chi connectivity index (χ3v) is 6.34. The molecular weight excluding hydrogens is 402 g/mol. The Hall–Kier alpha value is -1.94. The van der Waals surface area contributed by atoms with Crippen molar-refractivity contribution < 1.29 is 26.7 Å². The van der Waals surface area contributed by atoms with Crippen molar-refractivity contribution >= 4 is 44.1 Å². The first kappa shape index (κ1) is 18.8. The Morgan fingerprint density at radius 2 is 2.04 bits per heavy atom. The molecule has 26 heavy (non-hydrogen) atoms. The predicted molar refractivity (Wildman–Crippen MR) is 97.8 cm³/mol. The maximum Gasteiger partial charge on any atom is 0.259 e. The molecule has 1 unspecified atom stereocenters. The van der Waals surface area contributed by atoms with Crippen LogP contribution in [0.1, 0.15) is 15.9 Å². The van der Waals surface area contributed by atoms with E-state index in [1.54, 1.807) is 18.2 Å². The average Bonchev–Trinajstić information content (AvgIpc) is 2.85. The van der Waals surface area contributed by atoms with Crippen molar-refractivity contribution in [1.82, 2.24) is 0 Å². The zero-order valence-electron chi connectivity index (χ0n) is 13.5. The lowest BCUT2D eigenvalue weighted by Crippen LogP contribution is -2.30. The second-order valence-electron chi connectivity index (χ2n) is 5.56. The fourth-order valence-corrected chi connectivity index (χ4v) is 5.13. The third kappa shape index (κ3) is 3.35. The SMILES string of the molecule is COc1c(Cl)cc(C(=O)N2CS(=O)(=O)c3ccccc32)cc1CS(=O)O. The van der Waals surface area contributed by atoms with Gasteiger partial charge in [-0.15, -0.1) is 0 Å². The molecular formula is C16H14ClNO6S2. The lowest BCUT2D eigenvalue weighted by Gasteiger charge is -2.17. The molecule has 7 nitrogen and oxygen atoms in total. The number of carbonyl (C=O) groups excluding carboxylic acids is 1. The minimum absolute atomic E-state index is 0.0876. The fourth-order valence-electron chi connectivity index (χ4n) is 2.82. The zero-order chi connectivity index (χ0) is 19.1. The van der Waals surface area contributed by atoms with E-state index < -0.39 is 32.7 Å². The van der Waals surface area contributed by atoms with E-state index in [9.17, 15) is 17.4 Å². The molecule has 1 atom stereocenters. The number of rotatable bonds is 4. The van der Waals surface area contributed by atoms with Gasteiger partial charge < -0.3 is 9.29 Å². The first-order valence-electron chi connectivity index (χ1n) is 7.32. The molecule has 1 aliphatic heterocycles. The van der Waals surface area contributed by atoms with Crippen LogP contribution in [0.5, 0.6) is 5.75 Å². The molecule has 0 saturated heterocycles. The first-order chi connectivity index (χ1) is 12.2. The highest BCUT2D eigenvalue weighted by atomic mass is 35.5. The Bertz CT molecular complexity index is 1020. The summed E-state index contributed by atoms with van der Waals surface area (Å²) >= 11 is 3.96. The fraction of sp³-hybridized carbons (Fsp3) is 0.188. The van der Waals surface area contributed by atoms with E-state index in [2.05, 4.69) is 0 Å². The van der Waals surface area contributed by atoms with Crippen LogP contribution in [-0.4, -0.2) is 36.1 Å². The zero-order valence-corrected chi connectivity index (χ0v) is 15.9. The van der Waals surface area contributed by atoms with Crippen LogP contribution in [0.25, 0.3) is 0 Å². The van der Waals surface area contributed by atoms with Gasteiger partial charge in [0.05, 0.1) is 28.5 Å². The molecule has 0 aromatic heterocycles. The number of para-hydroxylation sites is 1. The van der Waals surface area contributed by atoms with E-state index in [1.807, 2.05) is 0 Å². The van der Waals surface area contributed by atoms with Crippen LogP contribution in [0.4, 0.5) is 5.69 Å². The lowest BCUT2D eigenvalue weighted by molar-refractivity contribution is 0.0991. The van der Waals surface area contributed by atoms with E-state index >= 15 is 0 Å². The van der Waals surface area contributed by atoms with E-state index in [4.69, 9.17) is 20.9 Å². The molecule has 0 bridgehead atoms. The van der Waals surface area contributed by atoms with E-state index in [1.165, 1.54) is 25.3 Å². The monoisotopic (exact) mass is 415 g/mol. The summed E-state index contributed by atoms with van der Waals surface area (Å²) in [6.07, 6.45) is 0. The van der Waals surface area contributed by atoms with Gasteiger partial charge in [0.2, 0.25) is 0 Å². The third-order valence-electron chi connectivity index (χ3n) is 3.89. The average molecular weight is 416 g/mol. The van der Waals surface area contributed by atoms with Gasteiger partial charge in [0, 0.05) is 11.1 Å². The molecule has 0 spiro atoms. The maximum absolute atomic E-state index is 12.9. The largest absolute Gasteiger partial charge is 0.495 e. The van der Waals surface area contributed by atoms with Crippen LogP contribution in [0, 0.1) is 0 Å². The maximum atomic E-state index is 12.9. The topological polar surface area (TPSA) is 101 Å². The molecule has 3 rings (SSSR count). The van der Waals surface area contributed by atoms with Crippen LogP contribution >= 0.6 is 11.6 Å². The van der Waals surface area contributed by atoms with Gasteiger partial charge >= 0.3 is 0 Å². The highest BCUT2D eigenvalue weighted by molar-refractivity contribution is 7.92. The molecule has 138 valence electrons. The Kier molecular flexibility index (Phi) is 5.07. The molecule has 1 heterocycles. The molecule has 0 fully saturated rings. The van der Waals surface area contributed by atoms with Gasteiger partial charge in [-0.2, -0.15) is 0 Å². The summed E-state index contributed by atoms with van der Waals surface area (Å²) in [4.78, 5) is 14.1. The number of sulfone groups is 1. The van der Waals surface area contributed by atoms with Crippen molar-refractivity contribution in [3.05, 3.63) is 52.5 Å². The van der Waals surface area contributed by atoms with Gasteiger partial charge in [-0.05, 0) is 24.3 Å². The summed E-state index contributed by atoms with van der Waals surface area (Å²) in [5.41, 5.74) is 0.666. The van der Waals surface area contributed by atoms with Gasteiger partial charge in [-0.3, -0.25) is 9.69 Å². The van der Waals surface area contributed by atoms with Crippen molar-refractivity contribution in [2.24, 2.45) is 0 Å². The Morgan fingerprint density at radius 1 is 1.35 bits per heavy atom. The minimum atomic E-state index is -3.60. The molecule has 0 radical (unpaired) electrons. The number of halogens is 1. The number of benzene rings is 2. The summed E-state index contributed by atoms with van der Waals surface area (Å²) in [6, 6.07) is 8.95.